The van der Waals surface area contributed by atoms with Gasteiger partial charge in [-0.3, -0.25) is 9.93 Å². The molecule has 142 valence electrons. The molecule has 28 heavy (non-hydrogen) atoms. The van der Waals surface area contributed by atoms with E-state index in [4.69, 9.17) is 5.14 Å². The first-order valence-electron chi connectivity index (χ1n) is 8.45. The molecule has 7 nitrogen and oxygen atoms in total. The summed E-state index contributed by atoms with van der Waals surface area (Å²) in [6.45, 7) is 5.37. The lowest BCUT2D eigenvalue weighted by molar-refractivity contribution is -0.111. The number of nitrogens with two attached hydrogens (primary N) is 1. The minimum atomic E-state index is -0.264. The van der Waals surface area contributed by atoms with Crippen LogP contribution in [0.2, 0.25) is 0 Å². The number of amides is 1. The Morgan fingerprint density at radius 3 is 2.57 bits per heavy atom. The van der Waals surface area contributed by atoms with Crippen molar-refractivity contribution in [2.75, 3.05) is 16.0 Å². The molecule has 0 aliphatic carbocycles. The van der Waals surface area contributed by atoms with E-state index in [1.54, 1.807) is 12.3 Å². The van der Waals surface area contributed by atoms with Gasteiger partial charge >= 0.3 is 0 Å². The molecule has 2 aromatic carbocycles. The summed E-state index contributed by atoms with van der Waals surface area (Å²) in [5, 5.41) is 14.8. The molecule has 0 saturated carbocycles. The summed E-state index contributed by atoms with van der Waals surface area (Å²) in [5.74, 6) is 0.858. The molecule has 1 heterocycles. The number of carbonyl (C=O) groups excluding carboxylic acids is 1. The van der Waals surface area contributed by atoms with Crippen molar-refractivity contribution in [3.8, 4) is 0 Å². The highest BCUT2D eigenvalue weighted by Crippen LogP contribution is 2.24. The molecule has 1 amide bonds. The molecule has 0 spiro atoms. The quantitative estimate of drug-likeness (QED) is 0.350. The first kappa shape index (κ1) is 19.4. The average molecular weight is 392 g/mol. The van der Waals surface area contributed by atoms with Gasteiger partial charge in [-0.1, -0.05) is 18.7 Å². The van der Waals surface area contributed by atoms with Crippen LogP contribution in [0.15, 0.2) is 72.3 Å². The van der Waals surface area contributed by atoms with Gasteiger partial charge in [-0.15, -0.1) is 0 Å². The molecule has 5 N–H and O–H groups in total. The normalized spacial score (nSPS) is 10.2. The second-order valence-corrected chi connectivity index (χ2v) is 6.60. The van der Waals surface area contributed by atoms with E-state index in [1.165, 1.54) is 18.0 Å². The molecule has 0 unspecified atom stereocenters. The third-order valence-corrected chi connectivity index (χ3v) is 4.30. The number of nitrogens with zero attached hydrogens (tertiary/aromatic N) is 2. The predicted molar refractivity (Wildman–Crippen MR) is 115 cm³/mol. The number of aromatic nitrogens is 2. The SMILES string of the molecule is C=CC(=O)Nc1cccc(Nc2nc(Nc3cccc(SN)c3)ncc2C)c1. The van der Waals surface area contributed by atoms with Crippen LogP contribution in [0.3, 0.4) is 0 Å². The largest absolute Gasteiger partial charge is 0.340 e. The molecule has 0 fully saturated rings. The Morgan fingerprint density at radius 2 is 1.82 bits per heavy atom. The van der Waals surface area contributed by atoms with Crippen molar-refractivity contribution >= 4 is 46.7 Å². The number of nitrogens with one attached hydrogen (secondary N) is 3. The topological polar surface area (TPSA) is 105 Å². The van der Waals surface area contributed by atoms with E-state index >= 15 is 0 Å². The molecule has 3 rings (SSSR count). The van der Waals surface area contributed by atoms with Crippen LogP contribution in [0.4, 0.5) is 28.8 Å². The number of rotatable bonds is 7. The van der Waals surface area contributed by atoms with Crippen molar-refractivity contribution in [3.05, 3.63) is 72.9 Å². The van der Waals surface area contributed by atoms with E-state index in [-0.39, 0.29) is 5.91 Å². The molecule has 0 radical (unpaired) electrons. The first-order valence-corrected chi connectivity index (χ1v) is 9.33. The summed E-state index contributed by atoms with van der Waals surface area (Å²) in [5.41, 5.74) is 3.18. The molecule has 0 bridgehead atoms. The highest BCUT2D eigenvalue weighted by atomic mass is 32.2. The van der Waals surface area contributed by atoms with Gasteiger partial charge in [-0.2, -0.15) is 4.98 Å². The fraction of sp³-hybridized carbons (Fsp3) is 0.0500. The summed E-state index contributed by atoms with van der Waals surface area (Å²) < 4.78 is 0. The zero-order chi connectivity index (χ0) is 19.9. The first-order chi connectivity index (χ1) is 13.6. The van der Waals surface area contributed by atoms with Crippen molar-refractivity contribution in [2.45, 2.75) is 11.8 Å². The second-order valence-electron chi connectivity index (χ2n) is 5.90. The van der Waals surface area contributed by atoms with Gasteiger partial charge in [0.05, 0.1) is 0 Å². The maximum Gasteiger partial charge on any atom is 0.247 e. The number of aryl methyl sites for hydroxylation is 1. The average Bonchev–Trinajstić information content (AvgIpc) is 2.71. The minimum Gasteiger partial charge on any atom is -0.340 e. The fourth-order valence-electron chi connectivity index (χ4n) is 2.41. The Kier molecular flexibility index (Phi) is 6.25. The zero-order valence-electron chi connectivity index (χ0n) is 15.3. The van der Waals surface area contributed by atoms with Crippen LogP contribution in [-0.2, 0) is 4.79 Å². The van der Waals surface area contributed by atoms with Gasteiger partial charge in [0.1, 0.15) is 5.82 Å². The van der Waals surface area contributed by atoms with Gasteiger partial charge in [-0.05, 0) is 61.3 Å². The van der Waals surface area contributed by atoms with Gasteiger partial charge < -0.3 is 16.0 Å². The van der Waals surface area contributed by atoms with E-state index in [0.717, 1.165) is 21.8 Å². The number of hydrogen-bond donors (Lipinski definition) is 4. The smallest absolute Gasteiger partial charge is 0.247 e. The standard InChI is InChI=1S/C20H20N6OS/c1-3-18(27)23-14-6-4-7-15(10-14)24-19-13(2)12-22-20(26-19)25-16-8-5-9-17(11-16)28-21/h3-12H,1,21H2,2H3,(H,23,27)(H2,22,24,25,26). The lowest BCUT2D eigenvalue weighted by Gasteiger charge is -2.12. The Morgan fingerprint density at radius 1 is 1.11 bits per heavy atom. The van der Waals surface area contributed by atoms with Gasteiger partial charge in [0, 0.05) is 33.7 Å². The van der Waals surface area contributed by atoms with Crippen molar-refractivity contribution in [2.24, 2.45) is 5.14 Å². The van der Waals surface area contributed by atoms with E-state index < -0.39 is 0 Å². The molecule has 0 atom stereocenters. The summed E-state index contributed by atoms with van der Waals surface area (Å²) in [4.78, 5) is 21.3. The highest BCUT2D eigenvalue weighted by Gasteiger charge is 2.07. The fourth-order valence-corrected chi connectivity index (χ4v) is 2.76. The summed E-state index contributed by atoms with van der Waals surface area (Å²) in [6.07, 6.45) is 2.97. The van der Waals surface area contributed by atoms with Crippen LogP contribution in [-0.4, -0.2) is 15.9 Å². The highest BCUT2D eigenvalue weighted by molar-refractivity contribution is 7.97. The van der Waals surface area contributed by atoms with Crippen LogP contribution in [0, 0.1) is 6.92 Å². The van der Waals surface area contributed by atoms with Gasteiger partial charge in [0.2, 0.25) is 11.9 Å². The molecular formula is C20H20N6OS. The van der Waals surface area contributed by atoms with Crippen LogP contribution < -0.4 is 21.1 Å². The number of anilines is 5. The lowest BCUT2D eigenvalue weighted by atomic mass is 10.2. The van der Waals surface area contributed by atoms with Gasteiger partial charge in [0.25, 0.3) is 0 Å². The Bertz CT molecular complexity index is 1010. The molecule has 0 saturated heterocycles. The zero-order valence-corrected chi connectivity index (χ0v) is 16.1. The van der Waals surface area contributed by atoms with Gasteiger partial charge in [0.15, 0.2) is 0 Å². The maximum absolute atomic E-state index is 11.5. The van der Waals surface area contributed by atoms with E-state index in [1.807, 2.05) is 49.4 Å². The van der Waals surface area contributed by atoms with Crippen molar-refractivity contribution < 1.29 is 4.79 Å². The third-order valence-electron chi connectivity index (χ3n) is 3.78. The third kappa shape index (κ3) is 5.09. The van der Waals surface area contributed by atoms with E-state index in [0.29, 0.717) is 17.5 Å². The molecule has 0 aliphatic rings. The molecular weight excluding hydrogens is 372 g/mol. The molecule has 3 aromatic rings. The summed E-state index contributed by atoms with van der Waals surface area (Å²) >= 11 is 1.18. The van der Waals surface area contributed by atoms with Crippen LogP contribution in [0.25, 0.3) is 0 Å². The number of hydrogen-bond acceptors (Lipinski definition) is 7. The number of benzene rings is 2. The second kappa shape index (κ2) is 9.03. The maximum atomic E-state index is 11.5. The lowest BCUT2D eigenvalue weighted by Crippen LogP contribution is -2.07. The Hall–Kier alpha value is -3.36. The Labute approximate surface area is 167 Å². The van der Waals surface area contributed by atoms with Crippen molar-refractivity contribution in [3.63, 3.8) is 0 Å². The monoisotopic (exact) mass is 392 g/mol. The van der Waals surface area contributed by atoms with E-state index in [9.17, 15) is 4.79 Å². The molecule has 1 aromatic heterocycles. The van der Waals surface area contributed by atoms with Crippen LogP contribution in [0.5, 0.6) is 0 Å². The number of carbonyl (C=O) groups is 1. The van der Waals surface area contributed by atoms with E-state index in [2.05, 4.69) is 32.5 Å². The Balaban J connectivity index is 1.79. The van der Waals surface area contributed by atoms with Gasteiger partial charge in [-0.25, -0.2) is 4.98 Å². The van der Waals surface area contributed by atoms with Crippen LogP contribution >= 0.6 is 11.9 Å². The molecule has 0 aliphatic heterocycles. The predicted octanol–water partition coefficient (Wildman–Crippen LogP) is 4.36. The molecule has 8 heteroatoms. The van der Waals surface area contributed by atoms with Crippen molar-refractivity contribution in [1.82, 2.24) is 9.97 Å². The summed E-state index contributed by atoms with van der Waals surface area (Å²) in [7, 11) is 0. The van der Waals surface area contributed by atoms with Crippen LogP contribution in [0.1, 0.15) is 5.56 Å². The minimum absolute atomic E-state index is 0.264. The van der Waals surface area contributed by atoms with Crippen molar-refractivity contribution in [1.29, 1.82) is 0 Å². The summed E-state index contributed by atoms with van der Waals surface area (Å²) in [6, 6.07) is 15.0.